The summed E-state index contributed by atoms with van der Waals surface area (Å²) in [6.45, 7) is 2.36. The molecule has 1 aromatic carbocycles. The third-order valence-electron chi connectivity index (χ3n) is 4.55. The lowest BCUT2D eigenvalue weighted by Gasteiger charge is -2.13. The third kappa shape index (κ3) is 2.78. The van der Waals surface area contributed by atoms with Crippen molar-refractivity contribution in [3.05, 3.63) is 35.5 Å². The summed E-state index contributed by atoms with van der Waals surface area (Å²) >= 11 is 0. The lowest BCUT2D eigenvalue weighted by Crippen LogP contribution is -2.35. The van der Waals surface area contributed by atoms with E-state index in [-0.39, 0.29) is 12.5 Å². The van der Waals surface area contributed by atoms with Crippen molar-refractivity contribution in [2.24, 2.45) is 0 Å². The number of nitrogens with zero attached hydrogens (tertiary/aromatic N) is 1. The van der Waals surface area contributed by atoms with Crippen molar-refractivity contribution in [1.82, 2.24) is 9.88 Å². The van der Waals surface area contributed by atoms with Gasteiger partial charge in [-0.25, -0.2) is 0 Å². The van der Waals surface area contributed by atoms with Gasteiger partial charge in [0, 0.05) is 23.2 Å². The zero-order chi connectivity index (χ0) is 15.5. The standard InChI is InChI=1S/C18H22N2O2/c1-2-13-6-5-9-16-14(12-21)10-20(18(13)16)11-17(22)19-15-7-3-4-8-15/h5-6,9-10,12,15H,2-4,7-8,11H2,1H3,(H,19,22). The molecule has 1 heterocycles. The zero-order valence-corrected chi connectivity index (χ0v) is 13.0. The van der Waals surface area contributed by atoms with Crippen molar-refractivity contribution >= 4 is 23.1 Å². The molecule has 0 atom stereocenters. The topological polar surface area (TPSA) is 51.1 Å². The van der Waals surface area contributed by atoms with Gasteiger partial charge in [-0.3, -0.25) is 9.59 Å². The van der Waals surface area contributed by atoms with Gasteiger partial charge in [0.1, 0.15) is 6.54 Å². The van der Waals surface area contributed by atoms with Crippen LogP contribution in [-0.4, -0.2) is 22.8 Å². The van der Waals surface area contributed by atoms with Gasteiger partial charge in [-0.05, 0) is 24.8 Å². The molecule has 22 heavy (non-hydrogen) atoms. The van der Waals surface area contributed by atoms with Gasteiger partial charge in [0.2, 0.25) is 5.91 Å². The van der Waals surface area contributed by atoms with Crippen LogP contribution in [0.4, 0.5) is 0 Å². The van der Waals surface area contributed by atoms with E-state index in [2.05, 4.69) is 18.3 Å². The third-order valence-corrected chi connectivity index (χ3v) is 4.55. The molecule has 0 spiro atoms. The molecule has 3 rings (SSSR count). The van der Waals surface area contributed by atoms with Gasteiger partial charge in [-0.1, -0.05) is 38.0 Å². The predicted octanol–water partition coefficient (Wildman–Crippen LogP) is 3.08. The summed E-state index contributed by atoms with van der Waals surface area (Å²) in [5, 5.41) is 4.04. The van der Waals surface area contributed by atoms with Crippen LogP contribution < -0.4 is 5.32 Å². The van der Waals surface area contributed by atoms with Crippen molar-refractivity contribution in [3.8, 4) is 0 Å². The second-order valence-corrected chi connectivity index (χ2v) is 6.05. The Morgan fingerprint density at radius 1 is 1.36 bits per heavy atom. The number of para-hydroxylation sites is 1. The van der Waals surface area contributed by atoms with E-state index in [1.165, 1.54) is 18.4 Å². The number of fused-ring (bicyclic) bond motifs is 1. The normalized spacial score (nSPS) is 15.3. The number of aromatic nitrogens is 1. The van der Waals surface area contributed by atoms with Crippen LogP contribution >= 0.6 is 0 Å². The highest BCUT2D eigenvalue weighted by atomic mass is 16.2. The van der Waals surface area contributed by atoms with Crippen LogP contribution in [0.15, 0.2) is 24.4 Å². The first-order valence-electron chi connectivity index (χ1n) is 8.08. The fourth-order valence-electron chi connectivity index (χ4n) is 3.47. The van der Waals surface area contributed by atoms with Gasteiger partial charge < -0.3 is 9.88 Å². The molecule has 0 saturated heterocycles. The number of carbonyl (C=O) groups excluding carboxylic acids is 2. The second kappa shape index (κ2) is 6.34. The van der Waals surface area contributed by atoms with E-state index >= 15 is 0 Å². The van der Waals surface area contributed by atoms with Gasteiger partial charge in [0.05, 0.1) is 5.52 Å². The highest BCUT2D eigenvalue weighted by Gasteiger charge is 2.18. The van der Waals surface area contributed by atoms with E-state index in [1.807, 2.05) is 16.7 Å². The Morgan fingerprint density at radius 3 is 2.82 bits per heavy atom. The highest BCUT2D eigenvalue weighted by molar-refractivity contribution is 5.99. The monoisotopic (exact) mass is 298 g/mol. The number of nitrogens with one attached hydrogen (secondary N) is 1. The summed E-state index contributed by atoms with van der Waals surface area (Å²) in [5.41, 5.74) is 2.83. The van der Waals surface area contributed by atoms with Crippen molar-refractivity contribution in [2.45, 2.75) is 51.6 Å². The van der Waals surface area contributed by atoms with Gasteiger partial charge in [-0.15, -0.1) is 0 Å². The molecule has 2 aromatic rings. The number of benzene rings is 1. The average Bonchev–Trinajstić information content (AvgIpc) is 3.15. The summed E-state index contributed by atoms with van der Waals surface area (Å²) in [5.74, 6) is 0.0344. The van der Waals surface area contributed by atoms with Crippen LogP contribution in [0.25, 0.3) is 10.9 Å². The lowest BCUT2D eigenvalue weighted by atomic mass is 10.1. The fraction of sp³-hybridized carbons (Fsp3) is 0.444. The molecule has 4 heteroatoms. The average molecular weight is 298 g/mol. The Kier molecular flexibility index (Phi) is 4.27. The van der Waals surface area contributed by atoms with E-state index < -0.39 is 0 Å². The number of aryl methyl sites for hydroxylation is 1. The molecule has 1 saturated carbocycles. The van der Waals surface area contributed by atoms with Gasteiger partial charge in [-0.2, -0.15) is 0 Å². The Hall–Kier alpha value is -2.10. The Bertz CT molecular complexity index is 696. The van der Waals surface area contributed by atoms with E-state index in [0.29, 0.717) is 11.6 Å². The first-order chi connectivity index (χ1) is 10.7. The molecule has 0 bridgehead atoms. The number of aldehydes is 1. The van der Waals surface area contributed by atoms with Crippen LogP contribution in [0.1, 0.15) is 48.5 Å². The maximum atomic E-state index is 12.3. The van der Waals surface area contributed by atoms with Gasteiger partial charge in [0.15, 0.2) is 6.29 Å². The number of carbonyl (C=O) groups is 2. The minimum atomic E-state index is 0.0344. The molecule has 1 aliphatic carbocycles. The van der Waals surface area contributed by atoms with Crippen LogP contribution in [0.3, 0.4) is 0 Å². The maximum Gasteiger partial charge on any atom is 0.240 e. The fourth-order valence-corrected chi connectivity index (χ4v) is 3.47. The summed E-state index contributed by atoms with van der Waals surface area (Å²) in [4.78, 5) is 23.6. The van der Waals surface area contributed by atoms with Crippen LogP contribution in [-0.2, 0) is 17.8 Å². The molecule has 1 aliphatic rings. The molecular weight excluding hydrogens is 276 g/mol. The van der Waals surface area contributed by atoms with Crippen LogP contribution in [0, 0.1) is 0 Å². The zero-order valence-electron chi connectivity index (χ0n) is 13.0. The van der Waals surface area contributed by atoms with Crippen molar-refractivity contribution in [1.29, 1.82) is 0 Å². The second-order valence-electron chi connectivity index (χ2n) is 6.05. The SMILES string of the molecule is CCc1cccc2c(C=O)cn(CC(=O)NC3CCCC3)c12. The minimum absolute atomic E-state index is 0.0344. The predicted molar refractivity (Wildman–Crippen MR) is 87.1 cm³/mol. The number of rotatable bonds is 5. The Morgan fingerprint density at radius 2 is 2.14 bits per heavy atom. The van der Waals surface area contributed by atoms with Gasteiger partial charge in [0.25, 0.3) is 0 Å². The van der Waals surface area contributed by atoms with E-state index in [0.717, 1.165) is 36.5 Å². The quantitative estimate of drug-likeness (QED) is 0.862. The van der Waals surface area contributed by atoms with E-state index in [1.54, 1.807) is 6.20 Å². The molecule has 1 fully saturated rings. The number of hydrogen-bond donors (Lipinski definition) is 1. The summed E-state index contributed by atoms with van der Waals surface area (Å²) in [6, 6.07) is 6.30. The smallest absolute Gasteiger partial charge is 0.240 e. The first-order valence-corrected chi connectivity index (χ1v) is 8.08. The minimum Gasteiger partial charge on any atom is -0.352 e. The summed E-state index contributed by atoms with van der Waals surface area (Å²) < 4.78 is 1.92. The Balaban J connectivity index is 1.89. The molecule has 1 aromatic heterocycles. The molecule has 0 radical (unpaired) electrons. The highest BCUT2D eigenvalue weighted by Crippen LogP contribution is 2.24. The van der Waals surface area contributed by atoms with Crippen molar-refractivity contribution < 1.29 is 9.59 Å². The van der Waals surface area contributed by atoms with Crippen LogP contribution in [0.5, 0.6) is 0 Å². The summed E-state index contributed by atoms with van der Waals surface area (Å²) in [7, 11) is 0. The molecule has 1 amide bonds. The summed E-state index contributed by atoms with van der Waals surface area (Å²) in [6.07, 6.45) is 8.11. The lowest BCUT2D eigenvalue weighted by molar-refractivity contribution is -0.122. The van der Waals surface area contributed by atoms with Crippen molar-refractivity contribution in [2.75, 3.05) is 0 Å². The largest absolute Gasteiger partial charge is 0.352 e. The molecule has 116 valence electrons. The van der Waals surface area contributed by atoms with E-state index in [9.17, 15) is 9.59 Å². The van der Waals surface area contributed by atoms with Crippen molar-refractivity contribution in [3.63, 3.8) is 0 Å². The number of amides is 1. The molecule has 4 nitrogen and oxygen atoms in total. The number of hydrogen-bond acceptors (Lipinski definition) is 2. The molecule has 0 unspecified atom stereocenters. The van der Waals surface area contributed by atoms with E-state index in [4.69, 9.17) is 0 Å². The molecule has 0 aliphatic heterocycles. The molecular formula is C18H22N2O2. The van der Waals surface area contributed by atoms with Gasteiger partial charge >= 0.3 is 0 Å². The molecule has 1 N–H and O–H groups in total. The Labute approximate surface area is 130 Å². The maximum absolute atomic E-state index is 12.3. The first kappa shape index (κ1) is 14.8. The van der Waals surface area contributed by atoms with Crippen LogP contribution in [0.2, 0.25) is 0 Å².